The van der Waals surface area contributed by atoms with Crippen LogP contribution in [0.2, 0.25) is 0 Å². The molecule has 1 N–H and O–H groups in total. The van der Waals surface area contributed by atoms with Crippen molar-refractivity contribution in [2.45, 2.75) is 26.9 Å². The first-order valence-electron chi connectivity index (χ1n) is 9.19. The zero-order valence-electron chi connectivity index (χ0n) is 16.3. The summed E-state index contributed by atoms with van der Waals surface area (Å²) in [5.41, 5.74) is 2.70. The summed E-state index contributed by atoms with van der Waals surface area (Å²) in [7, 11) is 2.00. The highest BCUT2D eigenvalue weighted by Gasteiger charge is 2.10. The second-order valence-electron chi connectivity index (χ2n) is 6.73. The predicted molar refractivity (Wildman–Crippen MR) is 110 cm³/mol. The lowest BCUT2D eigenvalue weighted by atomic mass is 10.1. The molecule has 28 heavy (non-hydrogen) atoms. The van der Waals surface area contributed by atoms with Crippen molar-refractivity contribution in [3.05, 3.63) is 70.1 Å². The summed E-state index contributed by atoms with van der Waals surface area (Å²) in [6.45, 7) is 5.37. The van der Waals surface area contributed by atoms with Crippen molar-refractivity contribution < 1.29 is 13.9 Å². The van der Waals surface area contributed by atoms with E-state index in [9.17, 15) is 9.59 Å². The van der Waals surface area contributed by atoms with E-state index < -0.39 is 5.63 Å². The van der Waals surface area contributed by atoms with Crippen LogP contribution in [0.3, 0.4) is 0 Å². The lowest BCUT2D eigenvalue weighted by Crippen LogP contribution is -2.18. The molecule has 0 aliphatic rings. The molecule has 2 aromatic carbocycles. The summed E-state index contributed by atoms with van der Waals surface area (Å²) in [6, 6.07) is 14.9. The molecule has 0 radical (unpaired) electrons. The Labute approximate surface area is 163 Å². The number of amides is 1. The molecular formula is C22H24N2O4. The minimum atomic E-state index is -0.406. The molecule has 0 aliphatic heterocycles. The number of nitrogens with zero attached hydrogens (tertiary/aromatic N) is 1. The normalized spacial score (nSPS) is 11.0. The largest absolute Gasteiger partial charge is 0.494 e. The van der Waals surface area contributed by atoms with Crippen LogP contribution in [0.1, 0.15) is 25.0 Å². The lowest BCUT2D eigenvalue weighted by molar-refractivity contribution is -0.114. The number of nitrogens with one attached hydrogen (secondary N) is 1. The molecule has 0 unspecified atom stereocenters. The van der Waals surface area contributed by atoms with Gasteiger partial charge in [-0.3, -0.25) is 9.69 Å². The van der Waals surface area contributed by atoms with Gasteiger partial charge in [0.1, 0.15) is 11.3 Å². The highest BCUT2D eigenvalue weighted by atomic mass is 16.5. The number of hydrogen-bond acceptors (Lipinski definition) is 5. The van der Waals surface area contributed by atoms with Crippen molar-refractivity contribution in [1.82, 2.24) is 4.90 Å². The predicted octanol–water partition coefficient (Wildman–Crippen LogP) is 3.78. The molecule has 146 valence electrons. The molecule has 6 nitrogen and oxygen atoms in total. The van der Waals surface area contributed by atoms with Gasteiger partial charge in [-0.15, -0.1) is 0 Å². The van der Waals surface area contributed by atoms with E-state index in [1.165, 1.54) is 13.0 Å². The number of rotatable bonds is 7. The van der Waals surface area contributed by atoms with Gasteiger partial charge in [-0.2, -0.15) is 0 Å². The molecular weight excluding hydrogens is 356 g/mol. The third-order valence-electron chi connectivity index (χ3n) is 4.28. The first kappa shape index (κ1) is 19.6. The SMILES string of the molecule is CCOc1ccc(CN(C)Cc2cc(=O)oc3cc(NC(C)=O)ccc23)cc1. The monoisotopic (exact) mass is 380 g/mol. The van der Waals surface area contributed by atoms with Crippen LogP contribution < -0.4 is 15.7 Å². The number of ether oxygens (including phenoxy) is 1. The number of carbonyl (C=O) groups excluding carboxylic acids is 1. The van der Waals surface area contributed by atoms with Gasteiger partial charge < -0.3 is 14.5 Å². The molecule has 6 heteroatoms. The van der Waals surface area contributed by atoms with E-state index in [0.29, 0.717) is 24.4 Å². The highest BCUT2D eigenvalue weighted by Crippen LogP contribution is 2.23. The second kappa shape index (κ2) is 8.71. The van der Waals surface area contributed by atoms with Gasteiger partial charge in [0.15, 0.2) is 0 Å². The van der Waals surface area contributed by atoms with Gasteiger partial charge in [0.05, 0.1) is 6.61 Å². The minimum Gasteiger partial charge on any atom is -0.494 e. The van der Waals surface area contributed by atoms with Gasteiger partial charge in [-0.1, -0.05) is 12.1 Å². The molecule has 0 atom stereocenters. The van der Waals surface area contributed by atoms with E-state index in [2.05, 4.69) is 10.2 Å². The standard InChI is InChI=1S/C22H24N2O4/c1-4-27-19-8-5-16(6-9-19)13-24(3)14-17-11-22(26)28-21-12-18(23-15(2)25)7-10-20(17)21/h5-12H,4,13-14H2,1-3H3,(H,23,25). The van der Waals surface area contributed by atoms with Gasteiger partial charge in [0.2, 0.25) is 5.91 Å². The fraction of sp³-hybridized carbons (Fsp3) is 0.273. The second-order valence-corrected chi connectivity index (χ2v) is 6.73. The van der Waals surface area contributed by atoms with E-state index in [0.717, 1.165) is 28.8 Å². The molecule has 0 saturated carbocycles. The van der Waals surface area contributed by atoms with E-state index in [4.69, 9.17) is 9.15 Å². The summed E-state index contributed by atoms with van der Waals surface area (Å²) in [4.78, 5) is 25.4. The van der Waals surface area contributed by atoms with Crippen LogP contribution in [-0.4, -0.2) is 24.5 Å². The molecule has 1 aromatic heterocycles. The molecule has 1 heterocycles. The van der Waals surface area contributed by atoms with Crippen molar-refractivity contribution >= 4 is 22.6 Å². The quantitative estimate of drug-likeness (QED) is 0.632. The van der Waals surface area contributed by atoms with Crippen molar-refractivity contribution in [2.75, 3.05) is 19.0 Å². The Bertz CT molecular complexity index is 1020. The Morgan fingerprint density at radius 1 is 1.11 bits per heavy atom. The van der Waals surface area contributed by atoms with Crippen LogP contribution in [0.15, 0.2) is 57.7 Å². The lowest BCUT2D eigenvalue weighted by Gasteiger charge is -2.18. The third-order valence-corrected chi connectivity index (χ3v) is 4.28. The van der Waals surface area contributed by atoms with Crippen molar-refractivity contribution in [3.8, 4) is 5.75 Å². The van der Waals surface area contributed by atoms with Crippen LogP contribution >= 0.6 is 0 Å². The highest BCUT2D eigenvalue weighted by molar-refractivity contribution is 5.92. The molecule has 0 spiro atoms. The summed E-state index contributed by atoms with van der Waals surface area (Å²) in [5, 5.41) is 3.56. The van der Waals surface area contributed by atoms with Crippen molar-refractivity contribution in [2.24, 2.45) is 0 Å². The Morgan fingerprint density at radius 3 is 2.54 bits per heavy atom. The smallest absolute Gasteiger partial charge is 0.336 e. The fourth-order valence-corrected chi connectivity index (χ4v) is 3.16. The Balaban J connectivity index is 1.78. The molecule has 0 fully saturated rings. The summed E-state index contributed by atoms with van der Waals surface area (Å²) < 4.78 is 10.8. The first-order chi connectivity index (χ1) is 13.4. The number of fused-ring (bicyclic) bond motifs is 1. The van der Waals surface area contributed by atoms with Crippen molar-refractivity contribution in [1.29, 1.82) is 0 Å². The molecule has 3 rings (SSSR count). The van der Waals surface area contributed by atoms with Crippen LogP contribution in [0.25, 0.3) is 11.0 Å². The number of carbonyl (C=O) groups is 1. The maximum absolute atomic E-state index is 12.0. The van der Waals surface area contributed by atoms with E-state index >= 15 is 0 Å². The van der Waals surface area contributed by atoms with Gasteiger partial charge in [0.25, 0.3) is 0 Å². The maximum atomic E-state index is 12.0. The van der Waals surface area contributed by atoms with E-state index in [1.807, 2.05) is 44.3 Å². The Hall–Kier alpha value is -3.12. The van der Waals surface area contributed by atoms with Crippen LogP contribution in [0, 0.1) is 0 Å². The van der Waals surface area contributed by atoms with Gasteiger partial charge in [0, 0.05) is 43.2 Å². The Morgan fingerprint density at radius 2 is 1.86 bits per heavy atom. The van der Waals surface area contributed by atoms with Crippen molar-refractivity contribution in [3.63, 3.8) is 0 Å². The molecule has 0 aliphatic carbocycles. The van der Waals surface area contributed by atoms with Gasteiger partial charge in [-0.25, -0.2) is 4.79 Å². The minimum absolute atomic E-state index is 0.173. The van der Waals surface area contributed by atoms with Gasteiger partial charge in [-0.05, 0) is 49.4 Å². The number of hydrogen-bond donors (Lipinski definition) is 1. The molecule has 0 bridgehead atoms. The van der Waals surface area contributed by atoms with Crippen LogP contribution in [-0.2, 0) is 17.9 Å². The summed E-state index contributed by atoms with van der Waals surface area (Å²) >= 11 is 0. The van der Waals surface area contributed by atoms with E-state index in [1.54, 1.807) is 12.1 Å². The zero-order valence-corrected chi connectivity index (χ0v) is 16.3. The fourth-order valence-electron chi connectivity index (χ4n) is 3.16. The topological polar surface area (TPSA) is 71.8 Å². The number of benzene rings is 2. The Kier molecular flexibility index (Phi) is 6.11. The number of anilines is 1. The zero-order chi connectivity index (χ0) is 20.1. The summed E-state index contributed by atoms with van der Waals surface area (Å²) in [6.07, 6.45) is 0. The average molecular weight is 380 g/mol. The maximum Gasteiger partial charge on any atom is 0.336 e. The summed E-state index contributed by atoms with van der Waals surface area (Å²) in [5.74, 6) is 0.684. The molecule has 1 amide bonds. The average Bonchev–Trinajstić information content (AvgIpc) is 2.62. The van der Waals surface area contributed by atoms with Crippen LogP contribution in [0.4, 0.5) is 5.69 Å². The first-order valence-corrected chi connectivity index (χ1v) is 9.19. The molecule has 3 aromatic rings. The third kappa shape index (κ3) is 4.98. The molecule has 0 saturated heterocycles. The van der Waals surface area contributed by atoms with E-state index in [-0.39, 0.29) is 5.91 Å². The van der Waals surface area contributed by atoms with Gasteiger partial charge >= 0.3 is 5.63 Å². The van der Waals surface area contributed by atoms with Crippen LogP contribution in [0.5, 0.6) is 5.75 Å².